The Labute approximate surface area is 92.8 Å². The van der Waals surface area contributed by atoms with Crippen molar-refractivity contribution in [3.05, 3.63) is 35.6 Å². The molecule has 0 aliphatic rings. The molecule has 0 aromatic rings. The Kier molecular flexibility index (Phi) is 4.81. The first kappa shape index (κ1) is 14.0. The zero-order chi connectivity index (χ0) is 12.2. The van der Waals surface area contributed by atoms with Gasteiger partial charge >= 0.3 is 0 Å². The first-order chi connectivity index (χ1) is 6.64. The van der Waals surface area contributed by atoms with Gasteiger partial charge in [-0.2, -0.15) is 0 Å². The van der Waals surface area contributed by atoms with Crippen LogP contribution in [0.15, 0.2) is 35.6 Å². The van der Waals surface area contributed by atoms with Gasteiger partial charge in [-0.25, -0.2) is 8.42 Å². The van der Waals surface area contributed by atoms with Gasteiger partial charge in [0.1, 0.15) is 0 Å². The van der Waals surface area contributed by atoms with E-state index in [0.717, 1.165) is 11.1 Å². The lowest BCUT2D eigenvalue weighted by atomic mass is 10.2. The Morgan fingerprint density at radius 2 is 1.67 bits per heavy atom. The molecule has 0 heterocycles. The smallest absolute Gasteiger partial charge is 0.231 e. The van der Waals surface area contributed by atoms with Crippen LogP contribution in [0.4, 0.5) is 0 Å². The lowest BCUT2D eigenvalue weighted by Crippen LogP contribution is -2.24. The first-order valence-corrected chi connectivity index (χ1v) is 6.45. The van der Waals surface area contributed by atoms with Crippen LogP contribution >= 0.6 is 0 Å². The Balaban J connectivity index is 5.33. The van der Waals surface area contributed by atoms with Crippen LogP contribution in [0.5, 0.6) is 0 Å². The van der Waals surface area contributed by atoms with Crippen LogP contribution in [-0.2, 0) is 10.0 Å². The first-order valence-electron chi connectivity index (χ1n) is 4.60. The minimum absolute atomic E-state index is 0.630. The molecule has 0 rings (SSSR count). The van der Waals surface area contributed by atoms with Crippen molar-refractivity contribution in [1.29, 1.82) is 0 Å². The summed E-state index contributed by atoms with van der Waals surface area (Å²) in [6, 6.07) is 0. The Hall–Kier alpha value is -1.03. The average molecular weight is 229 g/mol. The molecule has 0 aromatic carbocycles. The summed E-state index contributed by atoms with van der Waals surface area (Å²) in [7, 11) is -1.68. The molecule has 0 aliphatic heterocycles. The Bertz CT molecular complexity index is 398. The zero-order valence-electron chi connectivity index (χ0n) is 10.0. The molecule has 86 valence electrons. The average Bonchev–Trinajstić information content (AvgIpc) is 1.98. The highest BCUT2D eigenvalue weighted by atomic mass is 32.2. The van der Waals surface area contributed by atoms with Crippen molar-refractivity contribution in [2.45, 2.75) is 20.8 Å². The fourth-order valence-corrected chi connectivity index (χ4v) is 1.45. The Morgan fingerprint density at radius 1 is 1.20 bits per heavy atom. The third kappa shape index (κ3) is 5.42. The van der Waals surface area contributed by atoms with Gasteiger partial charge in [-0.1, -0.05) is 17.7 Å². The third-order valence-corrected chi connectivity index (χ3v) is 2.90. The minimum atomic E-state index is -3.21. The number of sulfonamides is 1. The number of allylic oxidation sites excluding steroid dienone is 4. The van der Waals surface area contributed by atoms with Crippen LogP contribution in [0.25, 0.3) is 0 Å². The normalized spacial score (nSPS) is 12.2. The molecule has 0 fully saturated rings. The van der Waals surface area contributed by atoms with Crippen molar-refractivity contribution in [3.8, 4) is 0 Å². The van der Waals surface area contributed by atoms with Gasteiger partial charge in [-0.3, -0.25) is 4.31 Å². The minimum Gasteiger partial charge on any atom is -0.274 e. The molecule has 0 amide bonds. The summed E-state index contributed by atoms with van der Waals surface area (Å²) < 4.78 is 24.0. The highest BCUT2D eigenvalue weighted by Crippen LogP contribution is 2.12. The molecule has 0 unspecified atom stereocenters. The molecular weight excluding hydrogens is 210 g/mol. The number of nitrogens with zero attached hydrogens (tertiary/aromatic N) is 1. The quantitative estimate of drug-likeness (QED) is 0.694. The van der Waals surface area contributed by atoms with Gasteiger partial charge in [-0.05, 0) is 32.9 Å². The van der Waals surface area contributed by atoms with Gasteiger partial charge in [0.2, 0.25) is 10.0 Å². The van der Waals surface area contributed by atoms with Gasteiger partial charge in [0, 0.05) is 7.05 Å². The van der Waals surface area contributed by atoms with Crippen LogP contribution < -0.4 is 0 Å². The topological polar surface area (TPSA) is 37.4 Å². The van der Waals surface area contributed by atoms with Gasteiger partial charge in [0.05, 0.1) is 12.0 Å². The Morgan fingerprint density at radius 3 is 1.93 bits per heavy atom. The van der Waals surface area contributed by atoms with E-state index < -0.39 is 10.0 Å². The summed E-state index contributed by atoms with van der Waals surface area (Å²) in [4.78, 5) is 0. The van der Waals surface area contributed by atoms with Crippen LogP contribution in [0, 0.1) is 0 Å². The summed E-state index contributed by atoms with van der Waals surface area (Å²) in [6.45, 7) is 9.41. The van der Waals surface area contributed by atoms with Crippen molar-refractivity contribution in [2.24, 2.45) is 0 Å². The lowest BCUT2D eigenvalue weighted by Gasteiger charge is -2.18. The maximum atomic E-state index is 11.4. The molecule has 3 nitrogen and oxygen atoms in total. The predicted molar refractivity (Wildman–Crippen MR) is 64.9 cm³/mol. The summed E-state index contributed by atoms with van der Waals surface area (Å²) in [5.41, 5.74) is 2.49. The SMILES string of the molecule is C=C(C)/C=C(\C=C(C)C)N(C)S(C)(=O)=O. The maximum absolute atomic E-state index is 11.4. The maximum Gasteiger partial charge on any atom is 0.231 e. The molecule has 0 saturated carbocycles. The van der Waals surface area contributed by atoms with E-state index in [1.165, 1.54) is 17.6 Å². The number of rotatable bonds is 4. The van der Waals surface area contributed by atoms with Crippen molar-refractivity contribution in [1.82, 2.24) is 4.31 Å². The van der Waals surface area contributed by atoms with Gasteiger partial charge in [0.15, 0.2) is 0 Å². The number of hydrogen-bond acceptors (Lipinski definition) is 2. The summed E-state index contributed by atoms with van der Waals surface area (Å²) in [6.07, 6.45) is 4.74. The summed E-state index contributed by atoms with van der Waals surface area (Å²) in [5.74, 6) is 0. The molecule has 0 aromatic heterocycles. The van der Waals surface area contributed by atoms with E-state index in [1.54, 1.807) is 6.08 Å². The van der Waals surface area contributed by atoms with E-state index in [-0.39, 0.29) is 0 Å². The van der Waals surface area contributed by atoms with E-state index in [9.17, 15) is 8.42 Å². The van der Waals surface area contributed by atoms with Gasteiger partial charge < -0.3 is 0 Å². The van der Waals surface area contributed by atoms with E-state index in [2.05, 4.69) is 6.58 Å². The van der Waals surface area contributed by atoms with Crippen LogP contribution in [0.3, 0.4) is 0 Å². The van der Waals surface area contributed by atoms with Crippen LogP contribution in [0.1, 0.15) is 20.8 Å². The lowest BCUT2D eigenvalue weighted by molar-refractivity contribution is 0.536. The molecule has 0 saturated heterocycles. The van der Waals surface area contributed by atoms with E-state index in [1.807, 2.05) is 26.8 Å². The second-order valence-corrected chi connectivity index (χ2v) is 5.88. The molecule has 0 radical (unpaired) electrons. The van der Waals surface area contributed by atoms with Crippen molar-refractivity contribution >= 4 is 10.0 Å². The molecule has 4 heteroatoms. The monoisotopic (exact) mass is 229 g/mol. The molecule has 15 heavy (non-hydrogen) atoms. The number of likely N-dealkylation sites (N-methyl/N-ethyl adjacent to an activating group) is 1. The standard InChI is InChI=1S/C11H19NO2S/c1-9(2)7-11(8-10(3)4)12(5)15(6,13)14/h7-8H,1H2,2-6H3/b11-7+. The fraction of sp³-hybridized carbons (Fsp3) is 0.455. The molecule has 0 N–H and O–H groups in total. The molecule has 0 atom stereocenters. The second-order valence-electron chi connectivity index (χ2n) is 3.87. The van der Waals surface area contributed by atoms with Gasteiger partial charge in [-0.15, -0.1) is 0 Å². The fourth-order valence-electron chi connectivity index (χ4n) is 0.963. The van der Waals surface area contributed by atoms with E-state index >= 15 is 0 Å². The number of hydrogen-bond donors (Lipinski definition) is 0. The summed E-state index contributed by atoms with van der Waals surface area (Å²) >= 11 is 0. The van der Waals surface area contributed by atoms with Crippen molar-refractivity contribution < 1.29 is 8.42 Å². The van der Waals surface area contributed by atoms with Crippen LogP contribution in [0.2, 0.25) is 0 Å². The van der Waals surface area contributed by atoms with E-state index in [4.69, 9.17) is 0 Å². The van der Waals surface area contributed by atoms with E-state index in [0.29, 0.717) is 5.70 Å². The second kappa shape index (κ2) is 5.16. The third-order valence-electron chi connectivity index (χ3n) is 1.69. The largest absolute Gasteiger partial charge is 0.274 e. The highest BCUT2D eigenvalue weighted by Gasteiger charge is 2.12. The van der Waals surface area contributed by atoms with Crippen LogP contribution in [-0.4, -0.2) is 26.0 Å². The summed E-state index contributed by atoms with van der Waals surface area (Å²) in [5, 5.41) is 0. The molecule has 0 aliphatic carbocycles. The zero-order valence-corrected chi connectivity index (χ0v) is 10.9. The highest BCUT2D eigenvalue weighted by molar-refractivity contribution is 7.88. The van der Waals surface area contributed by atoms with Crippen molar-refractivity contribution in [3.63, 3.8) is 0 Å². The van der Waals surface area contributed by atoms with Gasteiger partial charge in [0.25, 0.3) is 0 Å². The molecule has 0 bridgehead atoms. The predicted octanol–water partition coefficient (Wildman–Crippen LogP) is 2.30. The molecular formula is C11H19NO2S. The van der Waals surface area contributed by atoms with Crippen molar-refractivity contribution in [2.75, 3.05) is 13.3 Å². The molecule has 0 spiro atoms.